The second-order valence-electron chi connectivity index (χ2n) is 13.6. The molecule has 0 aliphatic heterocycles. The van der Waals surface area contributed by atoms with Crippen molar-refractivity contribution in [2.75, 3.05) is 0 Å². The van der Waals surface area contributed by atoms with Crippen LogP contribution in [0.1, 0.15) is 83.7 Å². The van der Waals surface area contributed by atoms with E-state index in [1.807, 2.05) is 6.07 Å². The molecule has 5 saturated carbocycles. The van der Waals surface area contributed by atoms with Gasteiger partial charge >= 0.3 is 5.97 Å². The first-order chi connectivity index (χ1) is 21.7. The molecular weight excluding hydrogens is 615 g/mol. The van der Waals surface area contributed by atoms with Gasteiger partial charge in [0.1, 0.15) is 5.82 Å². The van der Waals surface area contributed by atoms with E-state index in [-0.39, 0.29) is 22.3 Å². The highest BCUT2D eigenvalue weighted by Gasteiger charge is 2.49. The molecule has 2 heterocycles. The molecule has 2 aromatic heterocycles. The average Bonchev–Trinajstić information content (AvgIpc) is 3.55. The van der Waals surface area contributed by atoms with Gasteiger partial charge in [-0.25, -0.2) is 23.2 Å². The van der Waals surface area contributed by atoms with Gasteiger partial charge < -0.3 is 9.66 Å². The van der Waals surface area contributed by atoms with E-state index in [0.29, 0.717) is 47.0 Å². The van der Waals surface area contributed by atoms with Crippen LogP contribution in [0.4, 0.5) is 8.78 Å². The second-order valence-corrected chi connectivity index (χ2v) is 15.5. The molecule has 45 heavy (non-hydrogen) atoms. The number of nitrogens with two attached hydrogens (primary N) is 1. The lowest BCUT2D eigenvalue weighted by molar-refractivity contribution is -0.00386. The Morgan fingerprint density at radius 1 is 1.04 bits per heavy atom. The molecule has 1 atom stereocenters. The number of hydrogen-bond donors (Lipinski definition) is 2. The van der Waals surface area contributed by atoms with Crippen LogP contribution >= 0.6 is 11.3 Å². The third-order valence-electron chi connectivity index (χ3n) is 10.6. The van der Waals surface area contributed by atoms with Gasteiger partial charge in [0, 0.05) is 22.9 Å². The summed E-state index contributed by atoms with van der Waals surface area (Å²) in [6.07, 6.45) is 9.24. The number of benzene rings is 2. The van der Waals surface area contributed by atoms with Gasteiger partial charge in [-0.1, -0.05) is 6.07 Å². The fraction of sp³-hybridized carbons (Fsp3) is 0.441. The normalized spacial score (nSPS) is 26.0. The topological polar surface area (TPSA) is 117 Å². The number of carboxylic acids is 1. The van der Waals surface area contributed by atoms with Crippen LogP contribution in [0.25, 0.3) is 16.4 Å². The van der Waals surface area contributed by atoms with Gasteiger partial charge in [0.05, 0.1) is 22.7 Å². The number of nitrogens with zero attached hydrogens (tertiary/aromatic N) is 3. The van der Waals surface area contributed by atoms with Gasteiger partial charge in [-0.2, -0.15) is 5.10 Å². The maximum atomic E-state index is 15.7. The monoisotopic (exact) mass is 648 g/mol. The van der Waals surface area contributed by atoms with Crippen LogP contribution in [-0.2, 0) is 24.2 Å². The zero-order chi connectivity index (χ0) is 31.0. The van der Waals surface area contributed by atoms with Crippen molar-refractivity contribution in [3.63, 3.8) is 0 Å². The molecule has 5 fully saturated rings. The second kappa shape index (κ2) is 11.3. The zero-order valence-corrected chi connectivity index (χ0v) is 26.3. The zero-order valence-electron chi connectivity index (χ0n) is 24.6. The molecule has 2 aromatic carbocycles. The van der Waals surface area contributed by atoms with Crippen LogP contribution in [0, 0.1) is 41.2 Å². The van der Waals surface area contributed by atoms with Gasteiger partial charge in [0.2, 0.25) is 10.0 Å². The van der Waals surface area contributed by atoms with Crippen LogP contribution in [0.3, 0.4) is 0 Å². The van der Waals surface area contributed by atoms with Crippen molar-refractivity contribution in [2.45, 2.75) is 68.6 Å². The molecule has 0 radical (unpaired) electrons. The molecule has 0 amide bonds. The smallest absolute Gasteiger partial charge is 0.355 e. The lowest BCUT2D eigenvalue weighted by Gasteiger charge is -2.54. The molecule has 11 heteroatoms. The number of carbonyl (C=O) groups is 1. The number of aromatic carboxylic acids is 1. The van der Waals surface area contributed by atoms with Crippen LogP contribution in [0.5, 0.6) is 0 Å². The Balaban J connectivity index is 1.26. The molecule has 0 spiro atoms. The maximum absolute atomic E-state index is 15.7. The van der Waals surface area contributed by atoms with E-state index < -0.39 is 23.1 Å². The summed E-state index contributed by atoms with van der Waals surface area (Å²) < 4.78 is 44.2. The number of rotatable bonds is 9. The van der Waals surface area contributed by atoms with Crippen LogP contribution in [0.15, 0.2) is 46.7 Å². The highest BCUT2D eigenvalue weighted by Crippen LogP contribution is 2.60. The Bertz CT molecular complexity index is 1770. The van der Waals surface area contributed by atoms with Crippen LogP contribution in [-0.4, -0.2) is 30.4 Å². The Morgan fingerprint density at radius 2 is 1.78 bits per heavy atom. The molecular formula is C34H34F2N4O3S2. The summed E-state index contributed by atoms with van der Waals surface area (Å²) in [5.74, 6) is 1.31. The summed E-state index contributed by atoms with van der Waals surface area (Å²) in [5.41, 5.74) is 4.60. The molecule has 4 aromatic rings. The van der Waals surface area contributed by atoms with Crippen LogP contribution < -0.4 is 5.14 Å². The highest BCUT2D eigenvalue weighted by molar-refractivity contribution is 7.89. The van der Waals surface area contributed by atoms with Gasteiger partial charge in [-0.15, -0.1) is 16.5 Å². The first-order valence-corrected chi connectivity index (χ1v) is 17.9. The van der Waals surface area contributed by atoms with Gasteiger partial charge in [0.15, 0.2) is 11.5 Å². The minimum Gasteiger partial charge on any atom is -0.593 e. The molecule has 234 valence electrons. The molecule has 0 saturated heterocycles. The number of halogens is 2. The Kier molecular flexibility index (Phi) is 7.35. The Labute approximate surface area is 267 Å². The lowest BCUT2D eigenvalue weighted by Crippen LogP contribution is -2.44. The number of thiazole rings is 1. The minimum atomic E-state index is -1.95. The summed E-state index contributed by atoms with van der Waals surface area (Å²) in [6.45, 7) is 0. The minimum absolute atomic E-state index is 0.0515. The van der Waals surface area contributed by atoms with E-state index in [0.717, 1.165) is 47.1 Å². The standard InChI is InChI=1S/C34H34F2N4O3S2/c35-26-5-4-21(15-24(26)31-22-8-19-7-20(10-22)11-23(31)9-19)32-25(12-18-3-6-30(45(37)43)27(36)13-18)29(14-17-1-2-17)40(39-32)34-38-28(16-44-34)33(41)42/h3-6,13,15-17,19-20,22-23,31H,1-2,7-12,14,37H2,(H,41,42). The van der Waals surface area contributed by atoms with Gasteiger partial charge in [-0.3, -0.25) is 0 Å². The molecule has 4 bridgehead atoms. The van der Waals surface area contributed by atoms with E-state index in [4.69, 9.17) is 10.2 Å². The highest BCUT2D eigenvalue weighted by atomic mass is 32.2. The van der Waals surface area contributed by atoms with Gasteiger partial charge in [0.25, 0.3) is 0 Å². The Hall–Kier alpha value is -3.12. The van der Waals surface area contributed by atoms with E-state index in [1.54, 1.807) is 22.9 Å². The van der Waals surface area contributed by atoms with Gasteiger partial charge in [-0.05, 0) is 128 Å². The van der Waals surface area contributed by atoms with Crippen molar-refractivity contribution >= 4 is 28.7 Å². The summed E-state index contributed by atoms with van der Waals surface area (Å²) in [4.78, 5) is 16.0. The molecule has 3 N–H and O–H groups in total. The predicted molar refractivity (Wildman–Crippen MR) is 168 cm³/mol. The number of hydrogen-bond acceptors (Lipinski definition) is 6. The van der Waals surface area contributed by atoms with Crippen molar-refractivity contribution < 1.29 is 23.2 Å². The fourth-order valence-corrected chi connectivity index (χ4v) is 9.95. The molecule has 7 nitrogen and oxygen atoms in total. The van der Waals surface area contributed by atoms with Crippen molar-refractivity contribution in [1.82, 2.24) is 14.8 Å². The summed E-state index contributed by atoms with van der Waals surface area (Å²) in [7, 11) is 0. The van der Waals surface area contributed by atoms with Crippen molar-refractivity contribution in [3.8, 4) is 16.4 Å². The molecule has 1 unspecified atom stereocenters. The largest absolute Gasteiger partial charge is 0.593 e. The Morgan fingerprint density at radius 3 is 2.40 bits per heavy atom. The molecule has 9 rings (SSSR count). The first-order valence-electron chi connectivity index (χ1n) is 15.8. The predicted octanol–water partition coefficient (Wildman–Crippen LogP) is 7.04. The summed E-state index contributed by atoms with van der Waals surface area (Å²) in [5, 5.41) is 22.0. The van der Waals surface area contributed by atoms with E-state index in [1.165, 1.54) is 61.0 Å². The van der Waals surface area contributed by atoms with Crippen LogP contribution in [0.2, 0.25) is 0 Å². The first kappa shape index (κ1) is 29.3. The lowest BCUT2D eigenvalue weighted by atomic mass is 9.50. The van der Waals surface area contributed by atoms with Crippen molar-refractivity contribution in [2.24, 2.45) is 34.7 Å². The SMILES string of the molecule is N[S+]([O-])c1ccc(Cc2c(-c3ccc(F)c(C4C5CC6CC(C5)CC4C6)c3)nn(-c3nc(C(=O)O)cs3)c2CC2CC2)cc1F. The van der Waals surface area contributed by atoms with E-state index in [2.05, 4.69) is 4.98 Å². The summed E-state index contributed by atoms with van der Waals surface area (Å²) >= 11 is -0.739. The average molecular weight is 649 g/mol. The maximum Gasteiger partial charge on any atom is 0.355 e. The number of aromatic nitrogens is 3. The molecule has 5 aliphatic rings. The van der Waals surface area contributed by atoms with Crippen molar-refractivity contribution in [1.29, 1.82) is 0 Å². The molecule has 5 aliphatic carbocycles. The van der Waals surface area contributed by atoms with Crippen molar-refractivity contribution in [3.05, 3.63) is 81.5 Å². The summed E-state index contributed by atoms with van der Waals surface area (Å²) in [6, 6.07) is 9.87. The van der Waals surface area contributed by atoms with E-state index >= 15 is 4.39 Å². The fourth-order valence-electron chi connectivity index (χ4n) is 8.73. The third kappa shape index (κ3) is 5.41. The quantitative estimate of drug-likeness (QED) is 0.188. The van der Waals surface area contributed by atoms with E-state index in [9.17, 15) is 18.8 Å². The number of carboxylic acid groups (broad SMARTS) is 1. The third-order valence-corrected chi connectivity index (χ3v) is 12.2.